The summed E-state index contributed by atoms with van der Waals surface area (Å²) in [6.07, 6.45) is 0. The Bertz CT molecular complexity index is 630. The molecule has 0 radical (unpaired) electrons. The van der Waals surface area contributed by atoms with Gasteiger partial charge < -0.3 is 14.8 Å². The second-order valence-electron chi connectivity index (χ2n) is 5.54. The van der Waals surface area contributed by atoms with Gasteiger partial charge in [-0.15, -0.1) is 0 Å². The van der Waals surface area contributed by atoms with E-state index in [2.05, 4.69) is 5.32 Å². The van der Waals surface area contributed by atoms with E-state index in [0.29, 0.717) is 0 Å². The SMILES string of the molecule is COc1ccc(NC(=O)C(C)(C)c2ccc(OC)cc2)cc1. The molecule has 116 valence electrons. The minimum atomic E-state index is -0.647. The molecule has 0 bridgehead atoms. The zero-order valence-electron chi connectivity index (χ0n) is 13.3. The first-order valence-electron chi connectivity index (χ1n) is 7.07. The van der Waals surface area contributed by atoms with Gasteiger partial charge in [-0.2, -0.15) is 0 Å². The molecule has 0 fully saturated rings. The Labute approximate surface area is 131 Å². The number of hydrogen-bond donors (Lipinski definition) is 1. The van der Waals surface area contributed by atoms with Crippen LogP contribution in [0.3, 0.4) is 0 Å². The summed E-state index contributed by atoms with van der Waals surface area (Å²) in [5, 5.41) is 2.93. The van der Waals surface area contributed by atoms with Crippen molar-refractivity contribution in [2.75, 3.05) is 19.5 Å². The quantitative estimate of drug-likeness (QED) is 0.917. The second kappa shape index (κ2) is 6.52. The van der Waals surface area contributed by atoms with Crippen LogP contribution in [0.1, 0.15) is 19.4 Å². The predicted octanol–water partition coefficient (Wildman–Crippen LogP) is 3.62. The maximum atomic E-state index is 12.6. The predicted molar refractivity (Wildman–Crippen MR) is 87.6 cm³/mol. The molecule has 0 saturated carbocycles. The van der Waals surface area contributed by atoms with E-state index in [0.717, 1.165) is 22.7 Å². The molecule has 1 amide bonds. The molecule has 2 rings (SSSR count). The molecule has 1 N–H and O–H groups in total. The van der Waals surface area contributed by atoms with Gasteiger partial charge >= 0.3 is 0 Å². The third kappa shape index (κ3) is 3.39. The van der Waals surface area contributed by atoms with Crippen LogP contribution in [0.15, 0.2) is 48.5 Å². The molecule has 0 aliphatic rings. The lowest BCUT2D eigenvalue weighted by molar-refractivity contribution is -0.120. The summed E-state index contributed by atoms with van der Waals surface area (Å²) in [4.78, 5) is 12.6. The third-order valence-electron chi connectivity index (χ3n) is 3.73. The number of amides is 1. The van der Waals surface area contributed by atoms with E-state index in [1.54, 1.807) is 14.2 Å². The summed E-state index contributed by atoms with van der Waals surface area (Å²) >= 11 is 0. The van der Waals surface area contributed by atoms with Gasteiger partial charge in [-0.05, 0) is 55.8 Å². The Morgan fingerprint density at radius 2 is 1.32 bits per heavy atom. The van der Waals surface area contributed by atoms with Crippen molar-refractivity contribution in [2.24, 2.45) is 0 Å². The standard InChI is InChI=1S/C18H21NO3/c1-18(2,13-5-9-15(21-3)10-6-13)17(20)19-14-7-11-16(22-4)12-8-14/h5-12H,1-4H3,(H,19,20). The van der Waals surface area contributed by atoms with Crippen LogP contribution >= 0.6 is 0 Å². The Kier molecular flexibility index (Phi) is 4.71. The maximum Gasteiger partial charge on any atom is 0.234 e. The zero-order valence-corrected chi connectivity index (χ0v) is 13.3. The van der Waals surface area contributed by atoms with E-state index in [1.807, 2.05) is 62.4 Å². The van der Waals surface area contributed by atoms with Crippen molar-refractivity contribution in [1.82, 2.24) is 0 Å². The van der Waals surface area contributed by atoms with Crippen LogP contribution in [-0.4, -0.2) is 20.1 Å². The number of nitrogens with one attached hydrogen (secondary N) is 1. The molecule has 0 aliphatic carbocycles. The van der Waals surface area contributed by atoms with E-state index in [-0.39, 0.29) is 5.91 Å². The number of carbonyl (C=O) groups excluding carboxylic acids is 1. The topological polar surface area (TPSA) is 47.6 Å². The van der Waals surface area contributed by atoms with E-state index in [1.165, 1.54) is 0 Å². The number of anilines is 1. The highest BCUT2D eigenvalue weighted by Crippen LogP contribution is 2.27. The van der Waals surface area contributed by atoms with Crippen LogP contribution in [0.25, 0.3) is 0 Å². The van der Waals surface area contributed by atoms with Gasteiger partial charge in [0, 0.05) is 5.69 Å². The van der Waals surface area contributed by atoms with Gasteiger partial charge in [0.25, 0.3) is 0 Å². The lowest BCUT2D eigenvalue weighted by atomic mass is 9.83. The van der Waals surface area contributed by atoms with Gasteiger partial charge in [0.05, 0.1) is 19.6 Å². The van der Waals surface area contributed by atoms with Crippen LogP contribution in [0.4, 0.5) is 5.69 Å². The molecule has 0 saturated heterocycles. The lowest BCUT2D eigenvalue weighted by Crippen LogP contribution is -2.34. The van der Waals surface area contributed by atoms with E-state index in [9.17, 15) is 4.79 Å². The van der Waals surface area contributed by atoms with Crippen molar-refractivity contribution in [2.45, 2.75) is 19.3 Å². The molecule has 0 unspecified atom stereocenters. The smallest absolute Gasteiger partial charge is 0.234 e. The number of carbonyl (C=O) groups is 1. The molecule has 0 spiro atoms. The Balaban J connectivity index is 2.14. The molecule has 0 heterocycles. The minimum Gasteiger partial charge on any atom is -0.497 e. The van der Waals surface area contributed by atoms with Crippen molar-refractivity contribution in [3.8, 4) is 11.5 Å². The normalized spacial score (nSPS) is 10.9. The Morgan fingerprint density at radius 1 is 0.864 bits per heavy atom. The van der Waals surface area contributed by atoms with Crippen molar-refractivity contribution in [3.63, 3.8) is 0 Å². The van der Waals surface area contributed by atoms with Gasteiger partial charge in [0.2, 0.25) is 5.91 Å². The van der Waals surface area contributed by atoms with Crippen molar-refractivity contribution in [3.05, 3.63) is 54.1 Å². The van der Waals surface area contributed by atoms with E-state index >= 15 is 0 Å². The molecular formula is C18H21NO3. The summed E-state index contributed by atoms with van der Waals surface area (Å²) in [6.45, 7) is 3.79. The zero-order chi connectivity index (χ0) is 16.2. The molecule has 0 aromatic heterocycles. The minimum absolute atomic E-state index is 0.0668. The van der Waals surface area contributed by atoms with Gasteiger partial charge in [0.15, 0.2) is 0 Å². The fourth-order valence-electron chi connectivity index (χ4n) is 2.10. The van der Waals surface area contributed by atoms with Crippen LogP contribution in [0.5, 0.6) is 11.5 Å². The van der Waals surface area contributed by atoms with E-state index in [4.69, 9.17) is 9.47 Å². The Morgan fingerprint density at radius 3 is 1.77 bits per heavy atom. The maximum absolute atomic E-state index is 12.6. The van der Waals surface area contributed by atoms with Crippen LogP contribution < -0.4 is 14.8 Å². The number of rotatable bonds is 5. The van der Waals surface area contributed by atoms with E-state index < -0.39 is 5.41 Å². The van der Waals surface area contributed by atoms with Crippen LogP contribution in [0.2, 0.25) is 0 Å². The third-order valence-corrected chi connectivity index (χ3v) is 3.73. The fourth-order valence-corrected chi connectivity index (χ4v) is 2.10. The first kappa shape index (κ1) is 15.9. The number of ether oxygens (including phenoxy) is 2. The molecule has 4 heteroatoms. The molecule has 0 atom stereocenters. The molecule has 4 nitrogen and oxygen atoms in total. The van der Waals surface area contributed by atoms with Gasteiger partial charge in [0.1, 0.15) is 11.5 Å². The summed E-state index contributed by atoms with van der Waals surface area (Å²) in [5.74, 6) is 1.46. The molecule has 2 aromatic rings. The first-order valence-corrected chi connectivity index (χ1v) is 7.07. The van der Waals surface area contributed by atoms with Gasteiger partial charge in [-0.1, -0.05) is 12.1 Å². The monoisotopic (exact) mass is 299 g/mol. The van der Waals surface area contributed by atoms with Crippen molar-refractivity contribution >= 4 is 11.6 Å². The summed E-state index contributed by atoms with van der Waals surface area (Å²) in [7, 11) is 3.23. The van der Waals surface area contributed by atoms with Gasteiger partial charge in [-0.25, -0.2) is 0 Å². The summed E-state index contributed by atoms with van der Waals surface area (Å²) in [6, 6.07) is 14.8. The molecular weight excluding hydrogens is 278 g/mol. The van der Waals surface area contributed by atoms with Crippen LogP contribution in [0, 0.1) is 0 Å². The first-order chi connectivity index (χ1) is 10.5. The lowest BCUT2D eigenvalue weighted by Gasteiger charge is -2.24. The number of methoxy groups -OCH3 is 2. The molecule has 2 aromatic carbocycles. The average molecular weight is 299 g/mol. The van der Waals surface area contributed by atoms with Crippen molar-refractivity contribution < 1.29 is 14.3 Å². The highest BCUT2D eigenvalue weighted by molar-refractivity contribution is 5.98. The fraction of sp³-hybridized carbons (Fsp3) is 0.278. The number of hydrogen-bond acceptors (Lipinski definition) is 3. The average Bonchev–Trinajstić information content (AvgIpc) is 2.55. The molecule has 22 heavy (non-hydrogen) atoms. The summed E-state index contributed by atoms with van der Waals surface area (Å²) in [5.41, 5.74) is 1.03. The highest BCUT2D eigenvalue weighted by Gasteiger charge is 2.29. The van der Waals surface area contributed by atoms with Crippen LogP contribution in [-0.2, 0) is 10.2 Å². The molecule has 0 aliphatic heterocycles. The highest BCUT2D eigenvalue weighted by atomic mass is 16.5. The largest absolute Gasteiger partial charge is 0.497 e. The summed E-state index contributed by atoms with van der Waals surface area (Å²) < 4.78 is 10.3. The van der Waals surface area contributed by atoms with Crippen molar-refractivity contribution in [1.29, 1.82) is 0 Å². The van der Waals surface area contributed by atoms with Gasteiger partial charge in [-0.3, -0.25) is 4.79 Å². The Hall–Kier alpha value is -2.49. The second-order valence-corrected chi connectivity index (χ2v) is 5.54. The number of benzene rings is 2.